The molecule has 1 saturated carbocycles. The summed E-state index contributed by atoms with van der Waals surface area (Å²) in [5.74, 6) is 0.903. The molecule has 3 nitrogen and oxygen atoms in total. The fraction of sp³-hybridized carbons (Fsp3) is 1.00. The van der Waals surface area contributed by atoms with Crippen LogP contribution in [0.15, 0.2) is 0 Å². The third kappa shape index (κ3) is 4.67. The Bertz CT molecular complexity index is 282. The van der Waals surface area contributed by atoms with Gasteiger partial charge in [0.2, 0.25) is 0 Å². The van der Waals surface area contributed by atoms with Crippen molar-refractivity contribution in [3.05, 3.63) is 0 Å². The molecule has 3 rings (SSSR count). The average Bonchev–Trinajstić information content (AvgIpc) is 3.02. The Kier molecular flexibility index (Phi) is 6.38. The number of hydrogen-bond donors (Lipinski definition) is 2. The maximum Gasteiger partial charge on any atom is 0.0110 e. The fourth-order valence-electron chi connectivity index (χ4n) is 4.74. The molecule has 0 aromatic rings. The van der Waals surface area contributed by atoms with Gasteiger partial charge in [-0.2, -0.15) is 0 Å². The van der Waals surface area contributed by atoms with Crippen LogP contribution in [-0.2, 0) is 0 Å². The van der Waals surface area contributed by atoms with Crippen molar-refractivity contribution in [1.29, 1.82) is 0 Å². The molecule has 3 heteroatoms. The minimum Gasteiger partial charge on any atom is -0.314 e. The lowest BCUT2D eigenvalue weighted by molar-refractivity contribution is 0.219. The predicted octanol–water partition coefficient (Wildman–Crippen LogP) is 2.76. The van der Waals surface area contributed by atoms with Crippen molar-refractivity contribution in [3.8, 4) is 0 Å². The SMILES string of the molecule is C1CCN(CCCNC2CCCC2C2CCCCN2)CC1. The molecular weight excluding hydrogens is 258 g/mol. The van der Waals surface area contributed by atoms with Crippen LogP contribution in [-0.4, -0.2) is 49.7 Å². The Morgan fingerprint density at radius 2 is 1.81 bits per heavy atom. The molecule has 0 bridgehead atoms. The molecular formula is C18H35N3. The Balaban J connectivity index is 1.33. The van der Waals surface area contributed by atoms with Gasteiger partial charge in [0.25, 0.3) is 0 Å². The first-order valence-corrected chi connectivity index (χ1v) is 9.62. The largest absolute Gasteiger partial charge is 0.314 e. The zero-order valence-corrected chi connectivity index (χ0v) is 13.8. The Hall–Kier alpha value is -0.120. The van der Waals surface area contributed by atoms with Gasteiger partial charge in [-0.1, -0.05) is 19.3 Å². The van der Waals surface area contributed by atoms with Gasteiger partial charge in [0, 0.05) is 12.1 Å². The molecule has 3 aliphatic rings. The molecule has 0 radical (unpaired) electrons. The fourth-order valence-corrected chi connectivity index (χ4v) is 4.74. The molecule has 122 valence electrons. The summed E-state index contributed by atoms with van der Waals surface area (Å²) < 4.78 is 0. The number of hydrogen-bond acceptors (Lipinski definition) is 3. The molecule has 2 N–H and O–H groups in total. The standard InChI is InChI=1S/C18H35N3/c1-4-13-21(14-5-1)15-7-12-20-18-10-6-8-16(18)17-9-2-3-11-19-17/h16-20H,1-15H2. The van der Waals surface area contributed by atoms with E-state index in [4.69, 9.17) is 0 Å². The molecule has 1 aliphatic carbocycles. The molecule has 2 heterocycles. The minimum absolute atomic E-state index is 0.793. The highest BCUT2D eigenvalue weighted by Crippen LogP contribution is 2.31. The molecule has 3 fully saturated rings. The number of nitrogens with zero attached hydrogens (tertiary/aromatic N) is 1. The quantitative estimate of drug-likeness (QED) is 0.737. The van der Waals surface area contributed by atoms with Crippen molar-refractivity contribution in [2.75, 3.05) is 32.7 Å². The van der Waals surface area contributed by atoms with Crippen molar-refractivity contribution < 1.29 is 0 Å². The first kappa shape index (κ1) is 15.8. The van der Waals surface area contributed by atoms with E-state index in [1.165, 1.54) is 96.9 Å². The molecule has 0 spiro atoms. The predicted molar refractivity (Wildman–Crippen MR) is 89.7 cm³/mol. The van der Waals surface area contributed by atoms with Crippen molar-refractivity contribution in [2.24, 2.45) is 5.92 Å². The Morgan fingerprint density at radius 1 is 0.905 bits per heavy atom. The van der Waals surface area contributed by atoms with Crippen LogP contribution in [0.25, 0.3) is 0 Å². The normalized spacial score (nSPS) is 35.1. The second-order valence-corrected chi connectivity index (χ2v) is 7.47. The van der Waals surface area contributed by atoms with Crippen LogP contribution in [0.3, 0.4) is 0 Å². The van der Waals surface area contributed by atoms with E-state index in [0.717, 1.165) is 18.0 Å². The van der Waals surface area contributed by atoms with Gasteiger partial charge in [-0.05, 0) is 83.6 Å². The third-order valence-corrected chi connectivity index (χ3v) is 5.94. The summed E-state index contributed by atoms with van der Waals surface area (Å²) in [6, 6.07) is 1.60. The summed E-state index contributed by atoms with van der Waals surface area (Å²) in [5, 5.41) is 7.69. The summed E-state index contributed by atoms with van der Waals surface area (Å²) in [5.41, 5.74) is 0. The van der Waals surface area contributed by atoms with E-state index in [0.29, 0.717) is 0 Å². The highest BCUT2D eigenvalue weighted by Gasteiger charge is 2.33. The zero-order chi connectivity index (χ0) is 14.3. The van der Waals surface area contributed by atoms with Crippen LogP contribution in [0.4, 0.5) is 0 Å². The minimum atomic E-state index is 0.793. The van der Waals surface area contributed by atoms with Crippen LogP contribution in [0.5, 0.6) is 0 Å². The van der Waals surface area contributed by atoms with Crippen molar-refractivity contribution in [2.45, 2.75) is 76.3 Å². The van der Waals surface area contributed by atoms with Gasteiger partial charge in [-0.25, -0.2) is 0 Å². The van der Waals surface area contributed by atoms with Gasteiger partial charge < -0.3 is 15.5 Å². The van der Waals surface area contributed by atoms with E-state index in [-0.39, 0.29) is 0 Å². The van der Waals surface area contributed by atoms with E-state index >= 15 is 0 Å². The lowest BCUT2D eigenvalue weighted by atomic mass is 9.88. The molecule has 2 aliphatic heterocycles. The molecule has 3 atom stereocenters. The maximum absolute atomic E-state index is 3.90. The lowest BCUT2D eigenvalue weighted by Crippen LogP contribution is -2.47. The van der Waals surface area contributed by atoms with E-state index in [1.54, 1.807) is 0 Å². The first-order chi connectivity index (χ1) is 10.4. The van der Waals surface area contributed by atoms with Crippen LogP contribution in [0, 0.1) is 5.92 Å². The molecule has 0 amide bonds. The van der Waals surface area contributed by atoms with Crippen LogP contribution in [0.2, 0.25) is 0 Å². The molecule has 3 unspecified atom stereocenters. The third-order valence-electron chi connectivity index (χ3n) is 5.94. The van der Waals surface area contributed by atoms with Crippen molar-refractivity contribution in [3.63, 3.8) is 0 Å². The van der Waals surface area contributed by atoms with Gasteiger partial charge in [0.15, 0.2) is 0 Å². The van der Waals surface area contributed by atoms with E-state index < -0.39 is 0 Å². The number of piperidine rings is 2. The maximum atomic E-state index is 3.90. The van der Waals surface area contributed by atoms with Crippen LogP contribution < -0.4 is 10.6 Å². The number of rotatable bonds is 6. The topological polar surface area (TPSA) is 27.3 Å². The van der Waals surface area contributed by atoms with Crippen molar-refractivity contribution in [1.82, 2.24) is 15.5 Å². The van der Waals surface area contributed by atoms with E-state index in [2.05, 4.69) is 15.5 Å². The van der Waals surface area contributed by atoms with Crippen LogP contribution >= 0.6 is 0 Å². The molecule has 0 aromatic carbocycles. The van der Waals surface area contributed by atoms with Gasteiger partial charge in [0.05, 0.1) is 0 Å². The van der Waals surface area contributed by atoms with Gasteiger partial charge in [-0.3, -0.25) is 0 Å². The molecule has 2 saturated heterocycles. The summed E-state index contributed by atoms with van der Waals surface area (Å²) in [6.45, 7) is 6.48. The second-order valence-electron chi connectivity index (χ2n) is 7.47. The van der Waals surface area contributed by atoms with E-state index in [9.17, 15) is 0 Å². The highest BCUT2D eigenvalue weighted by molar-refractivity contribution is 4.92. The Morgan fingerprint density at radius 3 is 2.62 bits per heavy atom. The molecule has 0 aromatic heterocycles. The zero-order valence-electron chi connectivity index (χ0n) is 13.8. The lowest BCUT2D eigenvalue weighted by Gasteiger charge is -2.33. The van der Waals surface area contributed by atoms with Gasteiger partial charge in [0.1, 0.15) is 0 Å². The van der Waals surface area contributed by atoms with Gasteiger partial charge in [-0.15, -0.1) is 0 Å². The summed E-state index contributed by atoms with van der Waals surface area (Å²) in [4.78, 5) is 2.67. The smallest absolute Gasteiger partial charge is 0.0110 e. The molecule has 21 heavy (non-hydrogen) atoms. The van der Waals surface area contributed by atoms with Crippen molar-refractivity contribution >= 4 is 0 Å². The average molecular weight is 293 g/mol. The summed E-state index contributed by atoms with van der Waals surface area (Å²) >= 11 is 0. The first-order valence-electron chi connectivity index (χ1n) is 9.62. The number of nitrogens with one attached hydrogen (secondary N) is 2. The summed E-state index contributed by atoms with van der Waals surface area (Å²) in [7, 11) is 0. The second kappa shape index (κ2) is 8.50. The Labute approximate surface area is 131 Å². The van der Waals surface area contributed by atoms with Gasteiger partial charge >= 0.3 is 0 Å². The summed E-state index contributed by atoms with van der Waals surface area (Å²) in [6.07, 6.45) is 14.2. The highest BCUT2D eigenvalue weighted by atomic mass is 15.1. The number of likely N-dealkylation sites (tertiary alicyclic amines) is 1. The monoisotopic (exact) mass is 293 g/mol. The van der Waals surface area contributed by atoms with E-state index in [1.807, 2.05) is 0 Å². The van der Waals surface area contributed by atoms with Crippen LogP contribution in [0.1, 0.15) is 64.2 Å².